The minimum Gasteiger partial charge on any atom is -0.423 e. The van der Waals surface area contributed by atoms with Crippen LogP contribution < -0.4 is 9.47 Å². The Kier molecular flexibility index (Phi) is 5.10. The van der Waals surface area contributed by atoms with Crippen molar-refractivity contribution in [1.29, 1.82) is 0 Å². The molecule has 0 atom stereocenters. The van der Waals surface area contributed by atoms with E-state index in [9.17, 15) is 9.59 Å². The summed E-state index contributed by atoms with van der Waals surface area (Å²) < 4.78 is 11.0. The molecular formula is C28H18O4. The molecule has 0 aromatic heterocycles. The van der Waals surface area contributed by atoms with Crippen LogP contribution in [0.2, 0.25) is 0 Å². The van der Waals surface area contributed by atoms with E-state index in [-0.39, 0.29) is 11.1 Å². The third kappa shape index (κ3) is 4.07. The molecule has 0 spiro atoms. The predicted octanol–water partition coefficient (Wildman–Crippen LogP) is 6.43. The first-order valence-electron chi connectivity index (χ1n) is 10.2. The van der Waals surface area contributed by atoms with Gasteiger partial charge < -0.3 is 9.47 Å². The maximum absolute atomic E-state index is 12.7. The average Bonchev–Trinajstić information content (AvgIpc) is 2.84. The molecule has 32 heavy (non-hydrogen) atoms. The van der Waals surface area contributed by atoms with E-state index < -0.39 is 11.9 Å². The van der Waals surface area contributed by atoms with Crippen molar-refractivity contribution in [2.45, 2.75) is 0 Å². The summed E-state index contributed by atoms with van der Waals surface area (Å²) in [4.78, 5) is 25.3. The van der Waals surface area contributed by atoms with Gasteiger partial charge in [-0.25, -0.2) is 9.59 Å². The van der Waals surface area contributed by atoms with Gasteiger partial charge in [-0.1, -0.05) is 66.7 Å². The molecular weight excluding hydrogens is 400 g/mol. The van der Waals surface area contributed by atoms with E-state index >= 15 is 0 Å². The highest BCUT2D eigenvalue weighted by molar-refractivity contribution is 5.97. The van der Waals surface area contributed by atoms with E-state index in [4.69, 9.17) is 9.47 Å². The van der Waals surface area contributed by atoms with Gasteiger partial charge in [0.25, 0.3) is 0 Å². The largest absolute Gasteiger partial charge is 0.423 e. The topological polar surface area (TPSA) is 52.6 Å². The first-order valence-corrected chi connectivity index (χ1v) is 10.2. The molecule has 154 valence electrons. The predicted molar refractivity (Wildman–Crippen MR) is 124 cm³/mol. The summed E-state index contributed by atoms with van der Waals surface area (Å²) in [6, 6.07) is 32.9. The first-order chi connectivity index (χ1) is 15.7. The van der Waals surface area contributed by atoms with Crippen molar-refractivity contribution in [2.24, 2.45) is 0 Å². The zero-order valence-corrected chi connectivity index (χ0v) is 17.0. The molecule has 0 aliphatic carbocycles. The summed E-state index contributed by atoms with van der Waals surface area (Å²) >= 11 is 0. The molecule has 0 radical (unpaired) electrons. The Labute approximate surface area is 184 Å². The average molecular weight is 418 g/mol. The molecule has 4 heteroatoms. The molecule has 0 bridgehead atoms. The van der Waals surface area contributed by atoms with Crippen LogP contribution in [-0.2, 0) is 0 Å². The molecule has 0 amide bonds. The van der Waals surface area contributed by atoms with Crippen molar-refractivity contribution in [3.63, 3.8) is 0 Å². The Morgan fingerprint density at radius 1 is 0.438 bits per heavy atom. The molecule has 0 aliphatic heterocycles. The molecule has 0 aliphatic rings. The van der Waals surface area contributed by atoms with Crippen LogP contribution in [0.25, 0.3) is 21.5 Å². The van der Waals surface area contributed by atoms with Gasteiger partial charge in [-0.05, 0) is 64.0 Å². The van der Waals surface area contributed by atoms with Crippen LogP contribution in [0, 0.1) is 0 Å². The van der Waals surface area contributed by atoms with Crippen molar-refractivity contribution < 1.29 is 19.1 Å². The third-order valence-corrected chi connectivity index (χ3v) is 5.20. The van der Waals surface area contributed by atoms with E-state index in [1.807, 2.05) is 72.8 Å². The van der Waals surface area contributed by atoms with E-state index in [2.05, 4.69) is 0 Å². The number of rotatable bonds is 4. The third-order valence-electron chi connectivity index (χ3n) is 5.20. The van der Waals surface area contributed by atoms with Crippen molar-refractivity contribution in [3.05, 3.63) is 120 Å². The highest BCUT2D eigenvalue weighted by Gasteiger charge is 2.14. The summed E-state index contributed by atoms with van der Waals surface area (Å²) in [6.07, 6.45) is 0. The van der Waals surface area contributed by atoms with E-state index in [1.165, 1.54) is 6.07 Å². The van der Waals surface area contributed by atoms with Gasteiger partial charge in [-0.15, -0.1) is 0 Å². The van der Waals surface area contributed by atoms with Crippen molar-refractivity contribution in [2.75, 3.05) is 0 Å². The van der Waals surface area contributed by atoms with E-state index in [0.29, 0.717) is 11.5 Å². The fraction of sp³-hybridized carbons (Fsp3) is 0. The monoisotopic (exact) mass is 418 g/mol. The highest BCUT2D eigenvalue weighted by atomic mass is 16.5. The summed E-state index contributed by atoms with van der Waals surface area (Å²) in [5.41, 5.74) is 0.539. The number of benzene rings is 5. The molecule has 0 saturated carbocycles. The standard InChI is InChI=1S/C28H18O4/c29-27(31-25-14-12-19-6-1-3-8-21(19)17-25)23-10-5-11-24(16-23)28(30)32-26-15-13-20-7-2-4-9-22(20)18-26/h1-18H. The van der Waals surface area contributed by atoms with Crippen molar-refractivity contribution in [3.8, 4) is 11.5 Å². The number of esters is 2. The molecule has 0 unspecified atom stereocenters. The normalized spacial score (nSPS) is 10.8. The van der Waals surface area contributed by atoms with E-state index in [1.54, 1.807) is 30.3 Å². The lowest BCUT2D eigenvalue weighted by atomic mass is 10.1. The Bertz CT molecular complexity index is 1360. The first kappa shape index (κ1) is 19.5. The number of fused-ring (bicyclic) bond motifs is 2. The second-order valence-corrected chi connectivity index (χ2v) is 7.38. The maximum Gasteiger partial charge on any atom is 0.343 e. The second-order valence-electron chi connectivity index (χ2n) is 7.38. The zero-order valence-electron chi connectivity index (χ0n) is 17.0. The number of ether oxygens (including phenoxy) is 2. The summed E-state index contributed by atoms with van der Waals surface area (Å²) in [7, 11) is 0. The van der Waals surface area contributed by atoms with Gasteiger partial charge >= 0.3 is 11.9 Å². The van der Waals surface area contributed by atoms with Crippen LogP contribution in [-0.4, -0.2) is 11.9 Å². The van der Waals surface area contributed by atoms with E-state index in [0.717, 1.165) is 21.5 Å². The Balaban J connectivity index is 1.33. The molecule has 0 saturated heterocycles. The maximum atomic E-state index is 12.7. The fourth-order valence-electron chi connectivity index (χ4n) is 3.57. The van der Waals surface area contributed by atoms with Crippen molar-refractivity contribution >= 4 is 33.5 Å². The Morgan fingerprint density at radius 3 is 1.34 bits per heavy atom. The molecule has 5 aromatic carbocycles. The number of carbonyl (C=O) groups excluding carboxylic acids is 2. The minimum atomic E-state index is -0.541. The smallest absolute Gasteiger partial charge is 0.343 e. The van der Waals surface area contributed by atoms with Gasteiger partial charge in [0.1, 0.15) is 11.5 Å². The fourth-order valence-corrected chi connectivity index (χ4v) is 3.57. The number of hydrogen-bond acceptors (Lipinski definition) is 4. The van der Waals surface area contributed by atoms with Crippen LogP contribution in [0.4, 0.5) is 0 Å². The van der Waals surface area contributed by atoms with Crippen LogP contribution >= 0.6 is 0 Å². The van der Waals surface area contributed by atoms with Gasteiger partial charge in [0.05, 0.1) is 11.1 Å². The van der Waals surface area contributed by atoms with Crippen LogP contribution in [0.5, 0.6) is 11.5 Å². The van der Waals surface area contributed by atoms with Gasteiger partial charge in [-0.3, -0.25) is 0 Å². The molecule has 0 fully saturated rings. The zero-order chi connectivity index (χ0) is 21.9. The minimum absolute atomic E-state index is 0.270. The summed E-state index contributed by atoms with van der Waals surface area (Å²) in [5, 5.41) is 4.08. The van der Waals surface area contributed by atoms with Gasteiger partial charge in [0, 0.05) is 0 Å². The Morgan fingerprint density at radius 2 is 0.875 bits per heavy atom. The molecule has 0 N–H and O–H groups in total. The summed E-state index contributed by atoms with van der Waals surface area (Å²) in [5.74, 6) is -0.197. The van der Waals surface area contributed by atoms with Gasteiger partial charge in [0.2, 0.25) is 0 Å². The lowest BCUT2D eigenvalue weighted by Gasteiger charge is -2.08. The van der Waals surface area contributed by atoms with Crippen LogP contribution in [0.15, 0.2) is 109 Å². The SMILES string of the molecule is O=C(Oc1ccc2ccccc2c1)c1cccc(C(=O)Oc2ccc3ccccc3c2)c1. The molecule has 5 rings (SSSR count). The quantitative estimate of drug-likeness (QED) is 0.249. The lowest BCUT2D eigenvalue weighted by Crippen LogP contribution is -2.12. The lowest BCUT2D eigenvalue weighted by molar-refractivity contribution is 0.0734. The Hall–Kier alpha value is -4.44. The highest BCUT2D eigenvalue weighted by Crippen LogP contribution is 2.23. The number of hydrogen-bond donors (Lipinski definition) is 0. The molecule has 5 aromatic rings. The van der Waals surface area contributed by atoms with Crippen LogP contribution in [0.3, 0.4) is 0 Å². The van der Waals surface area contributed by atoms with Gasteiger partial charge in [-0.2, -0.15) is 0 Å². The molecule has 4 nitrogen and oxygen atoms in total. The number of carbonyl (C=O) groups is 2. The van der Waals surface area contributed by atoms with Gasteiger partial charge in [0.15, 0.2) is 0 Å². The summed E-state index contributed by atoms with van der Waals surface area (Å²) in [6.45, 7) is 0. The van der Waals surface area contributed by atoms with Crippen LogP contribution in [0.1, 0.15) is 20.7 Å². The molecule has 0 heterocycles. The second kappa shape index (κ2) is 8.36. The van der Waals surface area contributed by atoms with Crippen molar-refractivity contribution in [1.82, 2.24) is 0 Å².